The second kappa shape index (κ2) is 4.74. The Morgan fingerprint density at radius 1 is 1.46 bits per heavy atom. The molecule has 5 heteroatoms. The molecule has 0 unspecified atom stereocenters. The third kappa shape index (κ3) is 2.97. The summed E-state index contributed by atoms with van der Waals surface area (Å²) < 4.78 is 0. The number of carbonyl (C=O) groups is 1. The van der Waals surface area contributed by atoms with E-state index in [4.69, 9.17) is 0 Å². The number of benzene rings is 1. The molecule has 0 N–H and O–H groups in total. The molecule has 0 amide bonds. The van der Waals surface area contributed by atoms with Crippen molar-refractivity contribution >= 4 is 11.5 Å². The van der Waals surface area contributed by atoms with E-state index in [0.29, 0.717) is 5.56 Å². The summed E-state index contributed by atoms with van der Waals surface area (Å²) in [6, 6.07) is 5.67. The Hall–Kier alpha value is -1.19. The van der Waals surface area contributed by atoms with Gasteiger partial charge < -0.3 is 0 Å². The zero-order chi connectivity index (χ0) is 9.14. The second-order valence-corrected chi connectivity index (χ2v) is 2.36. The predicted octanol–water partition coefficient (Wildman–Crippen LogP) is 1.79. The van der Waals surface area contributed by atoms with E-state index < -0.39 is 4.92 Å². The Morgan fingerprint density at radius 2 is 2.08 bits per heavy atom. The molecular formula is C8H7FeNO3. The summed E-state index contributed by atoms with van der Waals surface area (Å²) in [7, 11) is 0. The standard InChI is InChI=1S/C8H7NO3.Fe/c1-6(10)7-3-2-4-8(5-7)9(11)12;/h2-5H,1H3;. The van der Waals surface area contributed by atoms with Crippen LogP contribution in [0.3, 0.4) is 0 Å². The van der Waals surface area contributed by atoms with Gasteiger partial charge in [0, 0.05) is 34.8 Å². The molecule has 0 aliphatic heterocycles. The quantitative estimate of drug-likeness (QED) is 0.331. The molecule has 1 aromatic carbocycles. The van der Waals surface area contributed by atoms with E-state index in [1.54, 1.807) is 6.07 Å². The third-order valence-electron chi connectivity index (χ3n) is 1.46. The van der Waals surface area contributed by atoms with E-state index in [1.807, 2.05) is 0 Å². The maximum atomic E-state index is 10.8. The molecule has 13 heavy (non-hydrogen) atoms. The van der Waals surface area contributed by atoms with Crippen molar-refractivity contribution in [2.24, 2.45) is 0 Å². The molecule has 1 rings (SSSR count). The van der Waals surface area contributed by atoms with Crippen LogP contribution in [0.2, 0.25) is 0 Å². The summed E-state index contributed by atoms with van der Waals surface area (Å²) >= 11 is 0. The van der Waals surface area contributed by atoms with Crippen LogP contribution in [-0.2, 0) is 17.1 Å². The Morgan fingerprint density at radius 3 is 2.54 bits per heavy atom. The largest absolute Gasteiger partial charge is 0.295 e. The molecule has 0 spiro atoms. The first-order valence-electron chi connectivity index (χ1n) is 3.36. The second-order valence-electron chi connectivity index (χ2n) is 2.36. The van der Waals surface area contributed by atoms with Gasteiger partial charge in [0.2, 0.25) is 0 Å². The summed E-state index contributed by atoms with van der Waals surface area (Å²) in [6.45, 7) is 1.37. The van der Waals surface area contributed by atoms with Crippen LogP contribution in [0.5, 0.6) is 0 Å². The minimum absolute atomic E-state index is 0. The van der Waals surface area contributed by atoms with Crippen LogP contribution in [0.25, 0.3) is 0 Å². The fourth-order valence-corrected chi connectivity index (χ4v) is 0.838. The Balaban J connectivity index is 0.00000144. The number of hydrogen-bond donors (Lipinski definition) is 0. The van der Waals surface area contributed by atoms with E-state index in [9.17, 15) is 14.9 Å². The van der Waals surface area contributed by atoms with Gasteiger partial charge in [-0.25, -0.2) is 0 Å². The number of ketones is 1. The van der Waals surface area contributed by atoms with Crippen LogP contribution < -0.4 is 0 Å². The fraction of sp³-hybridized carbons (Fsp3) is 0.125. The summed E-state index contributed by atoms with van der Waals surface area (Å²) in [5, 5.41) is 10.3. The molecular weight excluding hydrogens is 214 g/mol. The van der Waals surface area contributed by atoms with E-state index in [2.05, 4.69) is 0 Å². The zero-order valence-corrected chi connectivity index (χ0v) is 7.94. The molecule has 0 bridgehead atoms. The minimum atomic E-state index is -0.521. The molecule has 4 nitrogen and oxygen atoms in total. The van der Waals surface area contributed by atoms with Gasteiger partial charge in [-0.05, 0) is 6.92 Å². The summed E-state index contributed by atoms with van der Waals surface area (Å²) in [6.07, 6.45) is 0. The average molecular weight is 221 g/mol. The molecule has 0 saturated carbocycles. The SMILES string of the molecule is CC(=O)c1cccc([N+](=O)[O-])c1.[Fe]. The molecule has 0 saturated heterocycles. The number of Topliss-reactive ketones (excluding diaryl/α,β-unsaturated/α-hetero) is 1. The Labute approximate surface area is 85.6 Å². The number of nitro groups is 1. The number of hydrogen-bond acceptors (Lipinski definition) is 3. The van der Waals surface area contributed by atoms with Crippen LogP contribution in [0, 0.1) is 10.1 Å². The molecule has 1 aromatic rings. The van der Waals surface area contributed by atoms with Gasteiger partial charge >= 0.3 is 0 Å². The van der Waals surface area contributed by atoms with Crippen molar-refractivity contribution in [1.29, 1.82) is 0 Å². The first-order chi connectivity index (χ1) is 5.61. The van der Waals surface area contributed by atoms with Crippen LogP contribution in [0.15, 0.2) is 24.3 Å². The normalized spacial score (nSPS) is 8.69. The third-order valence-corrected chi connectivity index (χ3v) is 1.46. The number of non-ortho nitro benzene ring substituents is 1. The van der Waals surface area contributed by atoms with Gasteiger partial charge in [0.1, 0.15) is 0 Å². The zero-order valence-electron chi connectivity index (χ0n) is 6.83. The summed E-state index contributed by atoms with van der Waals surface area (Å²) in [5.41, 5.74) is 0.312. The van der Waals surface area contributed by atoms with E-state index in [0.717, 1.165) is 0 Å². The van der Waals surface area contributed by atoms with E-state index in [-0.39, 0.29) is 28.5 Å². The van der Waals surface area contributed by atoms with Gasteiger partial charge in [-0.1, -0.05) is 12.1 Å². The van der Waals surface area contributed by atoms with Crippen LogP contribution >= 0.6 is 0 Å². The molecule has 0 aliphatic carbocycles. The van der Waals surface area contributed by atoms with Crippen molar-refractivity contribution < 1.29 is 26.8 Å². The van der Waals surface area contributed by atoms with Crippen molar-refractivity contribution in [3.05, 3.63) is 39.9 Å². The predicted molar refractivity (Wildman–Crippen MR) is 43.1 cm³/mol. The maximum Gasteiger partial charge on any atom is 0.270 e. The Kier molecular flexibility index (Phi) is 4.31. The monoisotopic (exact) mass is 221 g/mol. The topological polar surface area (TPSA) is 60.2 Å². The molecule has 0 fully saturated rings. The van der Waals surface area contributed by atoms with Crippen LogP contribution in [0.1, 0.15) is 17.3 Å². The van der Waals surface area contributed by atoms with Crippen molar-refractivity contribution in [3.8, 4) is 0 Å². The minimum Gasteiger partial charge on any atom is -0.295 e. The Bertz CT molecular complexity index is 309. The van der Waals surface area contributed by atoms with Gasteiger partial charge in [-0.2, -0.15) is 0 Å². The molecule has 0 heterocycles. The van der Waals surface area contributed by atoms with Gasteiger partial charge in [0.15, 0.2) is 5.78 Å². The van der Waals surface area contributed by atoms with E-state index >= 15 is 0 Å². The maximum absolute atomic E-state index is 10.8. The molecule has 0 aliphatic rings. The summed E-state index contributed by atoms with van der Waals surface area (Å²) in [4.78, 5) is 20.5. The average Bonchev–Trinajstić information content (AvgIpc) is 2.04. The molecule has 0 aromatic heterocycles. The first kappa shape index (κ1) is 11.8. The summed E-state index contributed by atoms with van der Waals surface area (Å²) in [5.74, 6) is -0.168. The number of nitrogens with zero attached hydrogens (tertiary/aromatic N) is 1. The van der Waals surface area contributed by atoms with E-state index in [1.165, 1.54) is 25.1 Å². The van der Waals surface area contributed by atoms with Gasteiger partial charge in [0.25, 0.3) is 5.69 Å². The fourth-order valence-electron chi connectivity index (χ4n) is 0.838. The van der Waals surface area contributed by atoms with Crippen LogP contribution in [0.4, 0.5) is 5.69 Å². The van der Waals surface area contributed by atoms with Gasteiger partial charge in [-0.3, -0.25) is 14.9 Å². The number of rotatable bonds is 2. The smallest absolute Gasteiger partial charge is 0.270 e. The van der Waals surface area contributed by atoms with Crippen molar-refractivity contribution in [3.63, 3.8) is 0 Å². The van der Waals surface area contributed by atoms with Gasteiger partial charge in [-0.15, -0.1) is 0 Å². The van der Waals surface area contributed by atoms with Crippen LogP contribution in [-0.4, -0.2) is 10.7 Å². The number of carbonyl (C=O) groups excluding carboxylic acids is 1. The van der Waals surface area contributed by atoms with Crippen molar-refractivity contribution in [2.75, 3.05) is 0 Å². The first-order valence-corrected chi connectivity index (χ1v) is 3.36. The number of nitro benzene ring substituents is 1. The molecule has 0 atom stereocenters. The molecule has 0 radical (unpaired) electrons. The van der Waals surface area contributed by atoms with Gasteiger partial charge in [0.05, 0.1) is 4.92 Å². The van der Waals surface area contributed by atoms with Crippen molar-refractivity contribution in [2.45, 2.75) is 6.92 Å². The van der Waals surface area contributed by atoms with Crippen molar-refractivity contribution in [1.82, 2.24) is 0 Å². The molecule has 70 valence electrons.